The van der Waals surface area contributed by atoms with Gasteiger partial charge in [0.2, 0.25) is 0 Å². The van der Waals surface area contributed by atoms with Gasteiger partial charge in [0, 0.05) is 23.7 Å². The van der Waals surface area contributed by atoms with Gasteiger partial charge in [-0.05, 0) is 49.7 Å². The van der Waals surface area contributed by atoms with E-state index in [9.17, 15) is 5.11 Å². The van der Waals surface area contributed by atoms with Crippen molar-refractivity contribution in [3.8, 4) is 17.2 Å². The lowest BCUT2D eigenvalue weighted by Crippen LogP contribution is -2.13. The first-order valence-electron chi connectivity index (χ1n) is 7.70. The van der Waals surface area contributed by atoms with Gasteiger partial charge in [-0.1, -0.05) is 17.7 Å². The van der Waals surface area contributed by atoms with Crippen LogP contribution in [0.4, 0.5) is 0 Å². The Balaban J connectivity index is 2.00. The first-order chi connectivity index (χ1) is 11.1. The fourth-order valence-electron chi connectivity index (χ4n) is 2.24. The molecular formula is C18H22ClNO3. The first-order valence-corrected chi connectivity index (χ1v) is 8.08. The fourth-order valence-corrected chi connectivity index (χ4v) is 2.44. The van der Waals surface area contributed by atoms with Crippen molar-refractivity contribution in [2.45, 2.75) is 26.9 Å². The highest BCUT2D eigenvalue weighted by Gasteiger charge is 2.07. The average molecular weight is 336 g/mol. The van der Waals surface area contributed by atoms with Gasteiger partial charge in [0.1, 0.15) is 5.75 Å². The summed E-state index contributed by atoms with van der Waals surface area (Å²) in [6, 6.07) is 10.9. The number of phenols is 1. The van der Waals surface area contributed by atoms with E-state index < -0.39 is 0 Å². The molecule has 0 aliphatic rings. The molecule has 0 unspecified atom stereocenters. The molecule has 2 rings (SSSR count). The summed E-state index contributed by atoms with van der Waals surface area (Å²) in [5, 5.41) is 13.7. The standard InChI is InChI=1S/C18H22ClNO3/c1-3-22-17-8-5-13(9-18(17)23-4-2)11-20-12-14-10-15(19)6-7-16(14)21/h5-10,20-21H,3-4,11-12H2,1-2H3. The van der Waals surface area contributed by atoms with Crippen molar-refractivity contribution in [3.63, 3.8) is 0 Å². The predicted octanol–water partition coefficient (Wildman–Crippen LogP) is 4.13. The van der Waals surface area contributed by atoms with E-state index in [2.05, 4.69) is 5.32 Å². The van der Waals surface area contributed by atoms with Crippen LogP contribution in [0.15, 0.2) is 36.4 Å². The summed E-state index contributed by atoms with van der Waals surface area (Å²) < 4.78 is 11.2. The van der Waals surface area contributed by atoms with Gasteiger partial charge < -0.3 is 19.9 Å². The number of halogens is 1. The van der Waals surface area contributed by atoms with Crippen molar-refractivity contribution < 1.29 is 14.6 Å². The van der Waals surface area contributed by atoms with E-state index in [1.807, 2.05) is 32.0 Å². The van der Waals surface area contributed by atoms with Crippen molar-refractivity contribution in [1.29, 1.82) is 0 Å². The molecule has 2 aromatic carbocycles. The smallest absolute Gasteiger partial charge is 0.161 e. The van der Waals surface area contributed by atoms with E-state index >= 15 is 0 Å². The number of rotatable bonds is 8. The van der Waals surface area contributed by atoms with Crippen LogP contribution in [-0.2, 0) is 13.1 Å². The molecule has 0 aromatic heterocycles. The van der Waals surface area contributed by atoms with E-state index in [1.165, 1.54) is 0 Å². The number of hydrogen-bond donors (Lipinski definition) is 2. The van der Waals surface area contributed by atoms with Gasteiger partial charge in [-0.3, -0.25) is 0 Å². The highest BCUT2D eigenvalue weighted by Crippen LogP contribution is 2.28. The van der Waals surface area contributed by atoms with E-state index in [4.69, 9.17) is 21.1 Å². The maximum absolute atomic E-state index is 9.81. The molecule has 0 aliphatic heterocycles. The number of phenolic OH excluding ortho intramolecular Hbond substituents is 1. The van der Waals surface area contributed by atoms with Gasteiger partial charge in [-0.25, -0.2) is 0 Å². The zero-order chi connectivity index (χ0) is 16.7. The maximum atomic E-state index is 9.81. The monoisotopic (exact) mass is 335 g/mol. The van der Waals surface area contributed by atoms with Gasteiger partial charge in [0.05, 0.1) is 13.2 Å². The molecule has 0 bridgehead atoms. The molecule has 0 fully saturated rings. The molecule has 5 heteroatoms. The van der Waals surface area contributed by atoms with Crippen molar-refractivity contribution in [2.24, 2.45) is 0 Å². The summed E-state index contributed by atoms with van der Waals surface area (Å²) in [4.78, 5) is 0. The molecule has 0 saturated carbocycles. The van der Waals surface area contributed by atoms with Gasteiger partial charge in [-0.2, -0.15) is 0 Å². The van der Waals surface area contributed by atoms with E-state index in [-0.39, 0.29) is 5.75 Å². The summed E-state index contributed by atoms with van der Waals surface area (Å²) >= 11 is 5.95. The number of ether oxygens (including phenoxy) is 2. The van der Waals surface area contributed by atoms with Crippen LogP contribution < -0.4 is 14.8 Å². The summed E-state index contributed by atoms with van der Waals surface area (Å²) in [5.41, 5.74) is 1.85. The third-order valence-corrected chi connectivity index (χ3v) is 3.53. The quantitative estimate of drug-likeness (QED) is 0.761. The Morgan fingerprint density at radius 1 is 0.957 bits per heavy atom. The van der Waals surface area contributed by atoms with Gasteiger partial charge in [0.15, 0.2) is 11.5 Å². The second-order valence-electron chi connectivity index (χ2n) is 5.02. The Kier molecular flexibility index (Phi) is 6.56. The van der Waals surface area contributed by atoms with Crippen LogP contribution in [0, 0.1) is 0 Å². The molecule has 0 atom stereocenters. The molecule has 4 nitrogen and oxygen atoms in total. The SMILES string of the molecule is CCOc1ccc(CNCc2cc(Cl)ccc2O)cc1OCC. The third-order valence-electron chi connectivity index (χ3n) is 3.29. The Hall–Kier alpha value is -1.91. The van der Waals surface area contributed by atoms with Crippen LogP contribution >= 0.6 is 11.6 Å². The molecule has 0 amide bonds. The summed E-state index contributed by atoms with van der Waals surface area (Å²) in [6.07, 6.45) is 0. The fraction of sp³-hybridized carbons (Fsp3) is 0.333. The topological polar surface area (TPSA) is 50.7 Å². The van der Waals surface area contributed by atoms with E-state index in [0.29, 0.717) is 31.3 Å². The molecule has 23 heavy (non-hydrogen) atoms. The van der Waals surface area contributed by atoms with Crippen molar-refractivity contribution in [1.82, 2.24) is 5.32 Å². The molecule has 0 radical (unpaired) electrons. The minimum atomic E-state index is 0.239. The minimum Gasteiger partial charge on any atom is -0.508 e. The molecular weight excluding hydrogens is 314 g/mol. The second-order valence-corrected chi connectivity index (χ2v) is 5.46. The summed E-state index contributed by atoms with van der Waals surface area (Å²) in [5.74, 6) is 1.74. The largest absolute Gasteiger partial charge is 0.508 e. The van der Waals surface area contributed by atoms with Gasteiger partial charge >= 0.3 is 0 Å². The van der Waals surface area contributed by atoms with Gasteiger partial charge in [0.25, 0.3) is 0 Å². The highest BCUT2D eigenvalue weighted by atomic mass is 35.5. The zero-order valence-corrected chi connectivity index (χ0v) is 14.2. The molecule has 2 aromatic rings. The zero-order valence-electron chi connectivity index (χ0n) is 13.4. The maximum Gasteiger partial charge on any atom is 0.161 e. The molecule has 0 heterocycles. The minimum absolute atomic E-state index is 0.239. The molecule has 0 aliphatic carbocycles. The molecule has 0 saturated heterocycles. The Labute approximate surface area is 142 Å². The van der Waals surface area contributed by atoms with Crippen molar-refractivity contribution in [2.75, 3.05) is 13.2 Å². The lowest BCUT2D eigenvalue weighted by atomic mass is 10.1. The van der Waals surface area contributed by atoms with Crippen LogP contribution in [-0.4, -0.2) is 18.3 Å². The number of benzene rings is 2. The number of hydrogen-bond acceptors (Lipinski definition) is 4. The third kappa shape index (κ3) is 5.05. The Morgan fingerprint density at radius 3 is 2.43 bits per heavy atom. The predicted molar refractivity (Wildman–Crippen MR) is 92.4 cm³/mol. The van der Waals surface area contributed by atoms with E-state index in [1.54, 1.807) is 18.2 Å². The second kappa shape index (κ2) is 8.65. The van der Waals surface area contributed by atoms with E-state index in [0.717, 1.165) is 22.6 Å². The molecule has 2 N–H and O–H groups in total. The van der Waals surface area contributed by atoms with Crippen LogP contribution in [0.2, 0.25) is 5.02 Å². The highest BCUT2D eigenvalue weighted by molar-refractivity contribution is 6.30. The van der Waals surface area contributed by atoms with Crippen molar-refractivity contribution >= 4 is 11.6 Å². The Morgan fingerprint density at radius 2 is 1.70 bits per heavy atom. The summed E-state index contributed by atoms with van der Waals surface area (Å²) in [6.45, 7) is 6.27. The lowest BCUT2D eigenvalue weighted by molar-refractivity contribution is 0.287. The van der Waals surface area contributed by atoms with Crippen LogP contribution in [0.5, 0.6) is 17.2 Å². The van der Waals surface area contributed by atoms with Crippen molar-refractivity contribution in [3.05, 3.63) is 52.5 Å². The Bertz CT molecular complexity index is 646. The number of nitrogens with one attached hydrogen (secondary N) is 1. The average Bonchev–Trinajstić information content (AvgIpc) is 2.53. The van der Waals surface area contributed by atoms with Gasteiger partial charge in [-0.15, -0.1) is 0 Å². The van der Waals surface area contributed by atoms with Crippen LogP contribution in [0.1, 0.15) is 25.0 Å². The summed E-state index contributed by atoms with van der Waals surface area (Å²) in [7, 11) is 0. The van der Waals surface area contributed by atoms with Crippen LogP contribution in [0.25, 0.3) is 0 Å². The van der Waals surface area contributed by atoms with Crippen LogP contribution in [0.3, 0.4) is 0 Å². The number of aromatic hydroxyl groups is 1. The normalized spacial score (nSPS) is 10.6. The first kappa shape index (κ1) is 17.4. The lowest BCUT2D eigenvalue weighted by Gasteiger charge is -2.13. The molecule has 0 spiro atoms. The molecule has 124 valence electrons.